The summed E-state index contributed by atoms with van der Waals surface area (Å²) in [5.74, 6) is 1.71. The molecule has 0 radical (unpaired) electrons. The maximum Gasteiger partial charge on any atom is 0.338 e. The summed E-state index contributed by atoms with van der Waals surface area (Å²) >= 11 is 12.8. The maximum absolute atomic E-state index is 11.9. The van der Waals surface area contributed by atoms with Crippen LogP contribution in [0.2, 0.25) is 10.0 Å². The van der Waals surface area contributed by atoms with Crippen LogP contribution < -0.4 is 9.47 Å². The van der Waals surface area contributed by atoms with E-state index in [0.29, 0.717) is 56.6 Å². The lowest BCUT2D eigenvalue weighted by Crippen LogP contribution is -2.04. The zero-order valence-electron chi connectivity index (χ0n) is 20.0. The third-order valence-electron chi connectivity index (χ3n) is 5.20. The Morgan fingerprint density at radius 3 is 2.44 bits per heavy atom. The highest BCUT2D eigenvalue weighted by molar-refractivity contribution is 6.39. The lowest BCUT2D eigenvalue weighted by atomic mass is 10.0. The number of carbonyl (C=O) groups is 1. The predicted molar refractivity (Wildman–Crippen MR) is 137 cm³/mol. The van der Waals surface area contributed by atoms with Crippen LogP contribution in [0.5, 0.6) is 17.4 Å². The monoisotopic (exact) mass is 526 g/mol. The first kappa shape index (κ1) is 25.5. The lowest BCUT2D eigenvalue weighted by Gasteiger charge is -2.11. The fraction of sp³-hybridized carbons (Fsp3) is 0.222. The summed E-state index contributed by atoms with van der Waals surface area (Å²) in [5.41, 5.74) is 2.29. The van der Waals surface area contributed by atoms with Crippen LogP contribution in [0.25, 0.3) is 11.3 Å². The normalized spacial score (nSPS) is 10.9. The van der Waals surface area contributed by atoms with Gasteiger partial charge >= 0.3 is 5.97 Å². The number of carbonyl (C=O) groups excluding carboxylic acids is 1. The molecule has 36 heavy (non-hydrogen) atoms. The Labute approximate surface area is 218 Å². The van der Waals surface area contributed by atoms with Gasteiger partial charge in [-0.15, -0.1) is 0 Å². The molecule has 4 aromatic rings. The average Bonchev–Trinajstić information content (AvgIpc) is 3.28. The number of hydrogen-bond acceptors (Lipinski definition) is 7. The number of esters is 1. The number of benzene rings is 2. The Kier molecular flexibility index (Phi) is 8.13. The molecule has 0 aliphatic carbocycles. The van der Waals surface area contributed by atoms with Gasteiger partial charge in [0.1, 0.15) is 29.6 Å². The van der Waals surface area contributed by atoms with E-state index in [9.17, 15) is 4.79 Å². The van der Waals surface area contributed by atoms with Crippen LogP contribution in [-0.4, -0.2) is 22.7 Å². The molecule has 2 aromatic heterocycles. The van der Waals surface area contributed by atoms with Crippen LogP contribution in [-0.2, 0) is 11.3 Å². The van der Waals surface area contributed by atoms with Crippen LogP contribution in [0.15, 0.2) is 65.3 Å². The fourth-order valence-electron chi connectivity index (χ4n) is 3.53. The fourth-order valence-corrected chi connectivity index (χ4v) is 4.11. The number of hydrogen-bond donors (Lipinski definition) is 0. The third-order valence-corrected chi connectivity index (χ3v) is 5.83. The molecule has 0 N–H and O–H groups in total. The van der Waals surface area contributed by atoms with E-state index in [2.05, 4.69) is 10.1 Å². The molecule has 0 aliphatic heterocycles. The second-order valence-corrected chi connectivity index (χ2v) is 8.91. The molecular formula is C27H24Cl2N2O5. The highest BCUT2D eigenvalue weighted by atomic mass is 35.5. The van der Waals surface area contributed by atoms with Gasteiger partial charge in [-0.1, -0.05) is 54.3 Å². The van der Waals surface area contributed by atoms with Gasteiger partial charge in [-0.25, -0.2) is 9.78 Å². The Hall–Kier alpha value is -3.55. The van der Waals surface area contributed by atoms with Crippen LogP contribution in [0.1, 0.15) is 48.4 Å². The van der Waals surface area contributed by atoms with E-state index < -0.39 is 5.97 Å². The second-order valence-electron chi connectivity index (χ2n) is 8.10. The van der Waals surface area contributed by atoms with Gasteiger partial charge in [0.25, 0.3) is 0 Å². The number of nitrogens with zero attached hydrogens (tertiary/aromatic N) is 2. The van der Waals surface area contributed by atoms with Crippen molar-refractivity contribution in [3.8, 4) is 28.6 Å². The molecule has 2 aromatic carbocycles. The van der Waals surface area contributed by atoms with Gasteiger partial charge in [-0.2, -0.15) is 0 Å². The standard InChI is InChI=1S/C27H24Cl2N2O5/c1-4-33-27(32)17-7-5-8-18(13-17)35-19-11-12-23(30-14-19)34-15-20-25(31-36-26(20)16(2)3)24-21(28)9-6-10-22(24)29/h5-14,16H,4,15H2,1-3H3. The summed E-state index contributed by atoms with van der Waals surface area (Å²) in [6, 6.07) is 15.4. The minimum atomic E-state index is -0.406. The average molecular weight is 527 g/mol. The molecule has 0 amide bonds. The second kappa shape index (κ2) is 11.5. The van der Waals surface area contributed by atoms with E-state index >= 15 is 0 Å². The number of ether oxygens (including phenoxy) is 3. The van der Waals surface area contributed by atoms with Crippen molar-refractivity contribution >= 4 is 29.2 Å². The van der Waals surface area contributed by atoms with E-state index in [-0.39, 0.29) is 12.5 Å². The van der Waals surface area contributed by atoms with Crippen molar-refractivity contribution in [3.63, 3.8) is 0 Å². The molecule has 0 unspecified atom stereocenters. The smallest absolute Gasteiger partial charge is 0.338 e. The predicted octanol–water partition coefficient (Wildman–Crippen LogP) is 7.71. The SMILES string of the molecule is CCOC(=O)c1cccc(Oc2ccc(OCc3c(-c4c(Cl)cccc4Cl)noc3C(C)C)nc2)c1. The van der Waals surface area contributed by atoms with E-state index in [1.807, 2.05) is 13.8 Å². The first-order chi connectivity index (χ1) is 17.4. The first-order valence-electron chi connectivity index (χ1n) is 11.3. The van der Waals surface area contributed by atoms with Crippen LogP contribution in [0.4, 0.5) is 0 Å². The maximum atomic E-state index is 11.9. The summed E-state index contributed by atoms with van der Waals surface area (Å²) in [5, 5.41) is 5.18. The molecule has 186 valence electrons. The molecular weight excluding hydrogens is 503 g/mol. The Morgan fingerprint density at radius 1 is 1.03 bits per heavy atom. The molecule has 0 spiro atoms. The minimum Gasteiger partial charge on any atom is -0.473 e. The Morgan fingerprint density at radius 2 is 1.78 bits per heavy atom. The Balaban J connectivity index is 1.49. The van der Waals surface area contributed by atoms with Gasteiger partial charge in [-0.05, 0) is 43.3 Å². The van der Waals surface area contributed by atoms with Crippen LogP contribution in [0.3, 0.4) is 0 Å². The molecule has 9 heteroatoms. The molecule has 0 fully saturated rings. The first-order valence-corrected chi connectivity index (χ1v) is 12.1. The van der Waals surface area contributed by atoms with Gasteiger partial charge in [0.15, 0.2) is 0 Å². The van der Waals surface area contributed by atoms with Crippen molar-refractivity contribution in [1.82, 2.24) is 10.1 Å². The summed E-state index contributed by atoms with van der Waals surface area (Å²) in [6.45, 7) is 6.22. The van der Waals surface area contributed by atoms with Crippen LogP contribution >= 0.6 is 23.2 Å². The van der Waals surface area contributed by atoms with Crippen LogP contribution in [0, 0.1) is 0 Å². The topological polar surface area (TPSA) is 83.7 Å². The number of pyridine rings is 1. The molecule has 4 rings (SSSR count). The number of rotatable bonds is 9. The van der Waals surface area contributed by atoms with Gasteiger partial charge in [0.05, 0.1) is 34.0 Å². The van der Waals surface area contributed by atoms with E-state index in [4.69, 9.17) is 41.9 Å². The van der Waals surface area contributed by atoms with Gasteiger partial charge < -0.3 is 18.7 Å². The summed E-state index contributed by atoms with van der Waals surface area (Å²) < 4.78 is 22.4. The zero-order valence-corrected chi connectivity index (χ0v) is 21.5. The molecule has 0 atom stereocenters. The highest BCUT2D eigenvalue weighted by Gasteiger charge is 2.24. The molecule has 2 heterocycles. The van der Waals surface area contributed by atoms with Crippen molar-refractivity contribution < 1.29 is 23.5 Å². The summed E-state index contributed by atoms with van der Waals surface area (Å²) in [4.78, 5) is 16.3. The summed E-state index contributed by atoms with van der Waals surface area (Å²) in [6.07, 6.45) is 1.54. The largest absolute Gasteiger partial charge is 0.473 e. The van der Waals surface area contributed by atoms with Crippen molar-refractivity contribution in [1.29, 1.82) is 0 Å². The van der Waals surface area contributed by atoms with Gasteiger partial charge in [-0.3, -0.25) is 0 Å². The molecule has 7 nitrogen and oxygen atoms in total. The molecule has 0 aliphatic rings. The Bertz CT molecular complexity index is 1330. The lowest BCUT2D eigenvalue weighted by molar-refractivity contribution is 0.0526. The molecule has 0 bridgehead atoms. The number of aromatic nitrogens is 2. The minimum absolute atomic E-state index is 0.0696. The van der Waals surface area contributed by atoms with Crippen molar-refractivity contribution in [2.24, 2.45) is 0 Å². The highest BCUT2D eigenvalue weighted by Crippen LogP contribution is 2.38. The summed E-state index contributed by atoms with van der Waals surface area (Å²) in [7, 11) is 0. The van der Waals surface area contributed by atoms with Crippen molar-refractivity contribution in [2.75, 3.05) is 6.61 Å². The third kappa shape index (κ3) is 5.80. The molecule has 0 saturated heterocycles. The van der Waals surface area contributed by atoms with Gasteiger partial charge in [0, 0.05) is 17.5 Å². The van der Waals surface area contributed by atoms with Gasteiger partial charge in [0.2, 0.25) is 5.88 Å². The van der Waals surface area contributed by atoms with E-state index in [1.54, 1.807) is 61.5 Å². The van der Waals surface area contributed by atoms with Crippen molar-refractivity contribution in [2.45, 2.75) is 33.3 Å². The van der Waals surface area contributed by atoms with E-state index in [0.717, 1.165) is 5.56 Å². The number of halogens is 2. The van der Waals surface area contributed by atoms with Crippen molar-refractivity contribution in [3.05, 3.63) is 87.7 Å². The quantitative estimate of drug-likeness (QED) is 0.206. The van der Waals surface area contributed by atoms with E-state index in [1.165, 1.54) is 6.20 Å². The zero-order chi connectivity index (χ0) is 25.7. The molecule has 0 saturated carbocycles.